The van der Waals surface area contributed by atoms with Crippen molar-refractivity contribution < 1.29 is 33.3 Å². The highest BCUT2D eigenvalue weighted by Crippen LogP contribution is 2.48. The SMILES string of the molecule is C=C(C)C1Cc2c(ccc(C3=NOC4COc5cc(OC)c(OC)cc5C34)c2OCC(N)=O)O1. The molecule has 3 aliphatic rings. The van der Waals surface area contributed by atoms with Gasteiger partial charge in [-0.3, -0.25) is 4.79 Å². The number of carbonyl (C=O) groups excluding carboxylic acids is 1. The molecule has 3 atom stereocenters. The molecule has 2 N–H and O–H groups in total. The van der Waals surface area contributed by atoms with Crippen molar-refractivity contribution in [2.45, 2.75) is 31.5 Å². The molecule has 0 saturated heterocycles. The lowest BCUT2D eigenvalue weighted by molar-refractivity contribution is -0.119. The standard InChI is InChI=1S/C25H26N2O7/c1-12(2)17-8-15-16(33-17)6-5-13(25(15)32-11-22(26)28)24-23-14-7-19(29-3)20(30-4)9-18(14)31-10-21(23)34-27-24/h5-7,9,17,21,23H,1,8,10-11H2,2-4H3,(H2,26,28). The molecule has 3 unspecified atom stereocenters. The van der Waals surface area contributed by atoms with Gasteiger partial charge in [0.1, 0.15) is 35.7 Å². The first kappa shape index (κ1) is 21.9. The first-order valence-electron chi connectivity index (χ1n) is 10.9. The van der Waals surface area contributed by atoms with Crippen LogP contribution in [0.4, 0.5) is 0 Å². The first-order valence-corrected chi connectivity index (χ1v) is 10.9. The minimum Gasteiger partial charge on any atom is -0.493 e. The van der Waals surface area contributed by atoms with Crippen molar-refractivity contribution in [2.75, 3.05) is 27.4 Å². The molecule has 3 aliphatic heterocycles. The summed E-state index contributed by atoms with van der Waals surface area (Å²) < 4.78 is 28.8. The zero-order valence-electron chi connectivity index (χ0n) is 19.3. The zero-order valence-corrected chi connectivity index (χ0v) is 19.3. The summed E-state index contributed by atoms with van der Waals surface area (Å²) in [6.45, 7) is 5.98. The van der Waals surface area contributed by atoms with Crippen LogP contribution in [0.3, 0.4) is 0 Å². The Morgan fingerprint density at radius 1 is 1.21 bits per heavy atom. The largest absolute Gasteiger partial charge is 0.493 e. The normalized spacial score (nSPS) is 21.6. The third-order valence-corrected chi connectivity index (χ3v) is 6.27. The summed E-state index contributed by atoms with van der Waals surface area (Å²) in [4.78, 5) is 17.3. The summed E-state index contributed by atoms with van der Waals surface area (Å²) in [5, 5.41) is 4.42. The highest BCUT2D eigenvalue weighted by Gasteiger charge is 2.44. The van der Waals surface area contributed by atoms with Crippen LogP contribution in [0, 0.1) is 0 Å². The van der Waals surface area contributed by atoms with Gasteiger partial charge in [-0.05, 0) is 30.7 Å². The maximum atomic E-state index is 11.6. The molecule has 9 heteroatoms. The maximum Gasteiger partial charge on any atom is 0.255 e. The van der Waals surface area contributed by atoms with Crippen LogP contribution in [0.25, 0.3) is 0 Å². The van der Waals surface area contributed by atoms with Gasteiger partial charge in [-0.15, -0.1) is 0 Å². The number of benzene rings is 2. The Labute approximate surface area is 197 Å². The molecule has 0 aromatic heterocycles. The van der Waals surface area contributed by atoms with Gasteiger partial charge in [-0.1, -0.05) is 11.7 Å². The Morgan fingerprint density at radius 2 is 1.97 bits per heavy atom. The number of ether oxygens (including phenoxy) is 5. The summed E-state index contributed by atoms with van der Waals surface area (Å²) in [5.41, 5.74) is 9.38. The van der Waals surface area contributed by atoms with E-state index in [4.69, 9.17) is 34.3 Å². The summed E-state index contributed by atoms with van der Waals surface area (Å²) in [5.74, 6) is 2.20. The predicted octanol–water partition coefficient (Wildman–Crippen LogP) is 2.73. The second-order valence-corrected chi connectivity index (χ2v) is 8.48. The van der Waals surface area contributed by atoms with E-state index < -0.39 is 5.91 Å². The first-order chi connectivity index (χ1) is 16.4. The van der Waals surface area contributed by atoms with Crippen molar-refractivity contribution in [1.29, 1.82) is 0 Å². The van der Waals surface area contributed by atoms with E-state index in [-0.39, 0.29) is 24.7 Å². The molecule has 34 heavy (non-hydrogen) atoms. The number of rotatable bonds is 7. The third kappa shape index (κ3) is 3.57. The molecule has 2 aromatic carbocycles. The number of hydrogen-bond donors (Lipinski definition) is 1. The van der Waals surface area contributed by atoms with Gasteiger partial charge in [0, 0.05) is 29.2 Å². The molecule has 178 valence electrons. The Balaban J connectivity index is 1.60. The number of methoxy groups -OCH3 is 2. The van der Waals surface area contributed by atoms with E-state index in [9.17, 15) is 4.79 Å². The van der Waals surface area contributed by atoms with Gasteiger partial charge in [-0.25, -0.2) is 0 Å². The predicted molar refractivity (Wildman–Crippen MR) is 123 cm³/mol. The van der Waals surface area contributed by atoms with E-state index in [1.807, 2.05) is 25.1 Å². The second-order valence-electron chi connectivity index (χ2n) is 8.48. The Bertz CT molecular complexity index is 1210. The Kier molecular flexibility index (Phi) is 5.47. The van der Waals surface area contributed by atoms with E-state index in [0.29, 0.717) is 53.1 Å². The highest BCUT2D eigenvalue weighted by molar-refractivity contribution is 6.09. The lowest BCUT2D eigenvalue weighted by Crippen LogP contribution is -2.32. The summed E-state index contributed by atoms with van der Waals surface area (Å²) in [6.07, 6.45) is 0.0769. The number of nitrogens with two attached hydrogens (primary N) is 1. The van der Waals surface area contributed by atoms with E-state index in [2.05, 4.69) is 11.7 Å². The van der Waals surface area contributed by atoms with E-state index in [1.54, 1.807) is 20.3 Å². The number of carbonyl (C=O) groups is 1. The van der Waals surface area contributed by atoms with Crippen molar-refractivity contribution in [3.63, 3.8) is 0 Å². The van der Waals surface area contributed by atoms with Crippen molar-refractivity contribution in [3.05, 3.63) is 53.1 Å². The fourth-order valence-corrected chi connectivity index (χ4v) is 4.60. The van der Waals surface area contributed by atoms with Crippen LogP contribution in [-0.2, 0) is 16.1 Å². The van der Waals surface area contributed by atoms with Crippen molar-refractivity contribution >= 4 is 11.6 Å². The fourth-order valence-electron chi connectivity index (χ4n) is 4.60. The number of fused-ring (bicyclic) bond motifs is 4. The van der Waals surface area contributed by atoms with Gasteiger partial charge in [0.25, 0.3) is 5.91 Å². The molecule has 0 spiro atoms. The minimum absolute atomic E-state index is 0.170. The fraction of sp³-hybridized carbons (Fsp3) is 0.360. The maximum absolute atomic E-state index is 11.6. The van der Waals surface area contributed by atoms with Crippen LogP contribution in [0.2, 0.25) is 0 Å². The quantitative estimate of drug-likeness (QED) is 0.625. The van der Waals surface area contributed by atoms with Gasteiger partial charge in [0.05, 0.1) is 20.1 Å². The van der Waals surface area contributed by atoms with Crippen LogP contribution in [0.1, 0.15) is 29.5 Å². The summed E-state index contributed by atoms with van der Waals surface area (Å²) >= 11 is 0. The molecule has 2 aromatic rings. The van der Waals surface area contributed by atoms with Crippen LogP contribution in [-0.4, -0.2) is 51.3 Å². The smallest absolute Gasteiger partial charge is 0.255 e. The number of primary amides is 1. The Morgan fingerprint density at radius 3 is 2.68 bits per heavy atom. The van der Waals surface area contributed by atoms with Crippen LogP contribution >= 0.6 is 0 Å². The van der Waals surface area contributed by atoms with Crippen molar-refractivity contribution in [3.8, 4) is 28.7 Å². The average Bonchev–Trinajstić information content (AvgIpc) is 3.46. The lowest BCUT2D eigenvalue weighted by Gasteiger charge is -2.28. The van der Waals surface area contributed by atoms with Gasteiger partial charge in [0.15, 0.2) is 24.2 Å². The topological polar surface area (TPSA) is 111 Å². The molecule has 0 fully saturated rings. The number of hydrogen-bond acceptors (Lipinski definition) is 8. The number of oxime groups is 1. The van der Waals surface area contributed by atoms with E-state index in [0.717, 1.165) is 16.7 Å². The molecular weight excluding hydrogens is 440 g/mol. The van der Waals surface area contributed by atoms with E-state index >= 15 is 0 Å². The second kappa shape index (κ2) is 8.48. The van der Waals surface area contributed by atoms with Crippen LogP contribution in [0.15, 0.2) is 41.6 Å². The summed E-state index contributed by atoms with van der Waals surface area (Å²) in [7, 11) is 3.16. The minimum atomic E-state index is -0.574. The highest BCUT2D eigenvalue weighted by atomic mass is 16.7. The van der Waals surface area contributed by atoms with Crippen molar-refractivity contribution in [1.82, 2.24) is 0 Å². The lowest BCUT2D eigenvalue weighted by atomic mass is 9.83. The zero-order chi connectivity index (χ0) is 24.0. The van der Waals surface area contributed by atoms with Gasteiger partial charge >= 0.3 is 0 Å². The molecular formula is C25H26N2O7. The molecule has 0 bridgehead atoms. The molecule has 9 nitrogen and oxygen atoms in total. The molecule has 0 radical (unpaired) electrons. The van der Waals surface area contributed by atoms with Gasteiger partial charge < -0.3 is 34.3 Å². The molecule has 3 heterocycles. The van der Waals surface area contributed by atoms with Gasteiger partial charge in [0.2, 0.25) is 0 Å². The number of amides is 1. The van der Waals surface area contributed by atoms with Crippen molar-refractivity contribution in [2.24, 2.45) is 10.9 Å². The van der Waals surface area contributed by atoms with E-state index in [1.165, 1.54) is 0 Å². The third-order valence-electron chi connectivity index (χ3n) is 6.27. The average molecular weight is 466 g/mol. The molecule has 0 saturated carbocycles. The van der Waals surface area contributed by atoms with Crippen LogP contribution in [0.5, 0.6) is 28.7 Å². The number of nitrogens with zero attached hydrogens (tertiary/aromatic N) is 1. The molecule has 0 aliphatic carbocycles. The molecule has 5 rings (SSSR count). The van der Waals surface area contributed by atoms with Gasteiger partial charge in [-0.2, -0.15) is 0 Å². The molecule has 1 amide bonds. The monoisotopic (exact) mass is 466 g/mol. The summed E-state index contributed by atoms with van der Waals surface area (Å²) in [6, 6.07) is 7.44. The van der Waals surface area contributed by atoms with Crippen LogP contribution < -0.4 is 29.4 Å². The Hall–Kier alpha value is -3.88.